The molecule has 1 atom stereocenters. The van der Waals surface area contributed by atoms with Crippen LogP contribution < -0.4 is 14.4 Å². The van der Waals surface area contributed by atoms with Gasteiger partial charge in [0.05, 0.1) is 17.2 Å². The van der Waals surface area contributed by atoms with Crippen LogP contribution in [0.3, 0.4) is 0 Å². The fourth-order valence-electron chi connectivity index (χ4n) is 5.12. The maximum Gasteiger partial charge on any atom is 0.264 e. The number of amides is 2. The molecule has 12 heteroatoms. The van der Waals surface area contributed by atoms with Crippen molar-refractivity contribution in [3.05, 3.63) is 88.2 Å². The van der Waals surface area contributed by atoms with Gasteiger partial charge in [0.25, 0.3) is 10.0 Å². The van der Waals surface area contributed by atoms with Crippen LogP contribution >= 0.6 is 23.2 Å². The normalized spacial score (nSPS) is 14.5. The smallest absolute Gasteiger partial charge is 0.264 e. The molecule has 0 bridgehead atoms. The third-order valence-electron chi connectivity index (χ3n) is 7.59. The summed E-state index contributed by atoms with van der Waals surface area (Å²) >= 11 is 12.5. The number of nitrogens with zero attached hydrogens (tertiary/aromatic N) is 2. The quantitative estimate of drug-likeness (QED) is 0.236. The SMILES string of the molecule is CCOc1ccc(S(=O)(=O)N(CC(=O)N(Cc2ccc(Cl)cc2Cl)C(C)C(=O)NC2CCCCC2)c2ccc(F)cc2)cc1. The Hall–Kier alpha value is -3.34. The molecule has 0 aromatic heterocycles. The molecule has 0 heterocycles. The number of nitrogens with one attached hydrogen (secondary N) is 1. The first-order chi connectivity index (χ1) is 21.0. The second-order valence-electron chi connectivity index (χ2n) is 10.7. The summed E-state index contributed by atoms with van der Waals surface area (Å²) in [4.78, 5) is 28.8. The number of sulfonamides is 1. The highest BCUT2D eigenvalue weighted by atomic mass is 35.5. The number of hydrogen-bond acceptors (Lipinski definition) is 5. The zero-order valence-electron chi connectivity index (χ0n) is 24.6. The molecule has 1 unspecified atom stereocenters. The van der Waals surface area contributed by atoms with E-state index in [0.29, 0.717) is 28.0 Å². The number of benzene rings is 3. The van der Waals surface area contributed by atoms with Gasteiger partial charge in [-0.3, -0.25) is 13.9 Å². The summed E-state index contributed by atoms with van der Waals surface area (Å²) in [6, 6.07) is 14.5. The Kier molecular flexibility index (Phi) is 11.5. The van der Waals surface area contributed by atoms with Crippen LogP contribution in [0.4, 0.5) is 10.1 Å². The van der Waals surface area contributed by atoms with E-state index >= 15 is 0 Å². The van der Waals surface area contributed by atoms with Crippen molar-refractivity contribution in [2.45, 2.75) is 69.5 Å². The zero-order chi connectivity index (χ0) is 31.9. The van der Waals surface area contributed by atoms with Gasteiger partial charge in [0.15, 0.2) is 0 Å². The number of hydrogen-bond donors (Lipinski definition) is 1. The van der Waals surface area contributed by atoms with E-state index in [-0.39, 0.29) is 29.1 Å². The Balaban J connectivity index is 1.68. The largest absolute Gasteiger partial charge is 0.494 e. The average Bonchev–Trinajstić information content (AvgIpc) is 3.00. The van der Waals surface area contributed by atoms with Crippen molar-refractivity contribution in [3.8, 4) is 5.75 Å². The van der Waals surface area contributed by atoms with Crippen molar-refractivity contribution in [1.82, 2.24) is 10.2 Å². The third-order valence-corrected chi connectivity index (χ3v) is 9.97. The van der Waals surface area contributed by atoms with Crippen molar-refractivity contribution in [3.63, 3.8) is 0 Å². The molecule has 8 nitrogen and oxygen atoms in total. The van der Waals surface area contributed by atoms with Gasteiger partial charge in [-0.1, -0.05) is 48.5 Å². The monoisotopic (exact) mass is 663 g/mol. The lowest BCUT2D eigenvalue weighted by atomic mass is 9.95. The second kappa shape index (κ2) is 15.1. The molecule has 1 N–H and O–H groups in total. The fourth-order valence-corrected chi connectivity index (χ4v) is 7.01. The number of carbonyl (C=O) groups is 2. The van der Waals surface area contributed by atoms with E-state index in [9.17, 15) is 22.4 Å². The lowest BCUT2D eigenvalue weighted by Crippen LogP contribution is -2.53. The first-order valence-electron chi connectivity index (χ1n) is 14.5. The van der Waals surface area contributed by atoms with Gasteiger partial charge in [0.2, 0.25) is 11.8 Å². The standard InChI is InChI=1S/C32H36Cl2FN3O5S/c1-3-43-28-15-17-29(18-16-28)44(41,42)38(27-13-11-25(35)12-14-27)21-31(39)37(20-23-9-10-24(33)19-30(23)34)22(2)32(40)36-26-7-5-4-6-8-26/h9-19,22,26H,3-8,20-21H2,1-2H3,(H,36,40). The molecule has 1 fully saturated rings. The number of rotatable bonds is 12. The van der Waals surface area contributed by atoms with Gasteiger partial charge in [0.1, 0.15) is 24.2 Å². The molecule has 3 aromatic rings. The van der Waals surface area contributed by atoms with E-state index in [0.717, 1.165) is 48.5 Å². The van der Waals surface area contributed by atoms with Crippen molar-refractivity contribution in [1.29, 1.82) is 0 Å². The molecule has 0 spiro atoms. The van der Waals surface area contributed by atoms with Crippen LogP contribution in [-0.4, -0.2) is 50.4 Å². The van der Waals surface area contributed by atoms with Crippen LogP contribution in [-0.2, 0) is 26.2 Å². The molecule has 3 aromatic carbocycles. The Morgan fingerprint density at radius 3 is 2.27 bits per heavy atom. The minimum absolute atomic E-state index is 0.00511. The maximum absolute atomic E-state index is 14.1. The Morgan fingerprint density at radius 1 is 1.00 bits per heavy atom. The molecule has 4 rings (SSSR count). The van der Waals surface area contributed by atoms with Gasteiger partial charge in [-0.15, -0.1) is 0 Å². The summed E-state index contributed by atoms with van der Waals surface area (Å²) < 4.78 is 48.1. The number of halogens is 3. The molecule has 0 aliphatic heterocycles. The van der Waals surface area contributed by atoms with Crippen molar-refractivity contribution in [2.24, 2.45) is 0 Å². The molecule has 0 saturated heterocycles. The highest BCUT2D eigenvalue weighted by Gasteiger charge is 2.33. The van der Waals surface area contributed by atoms with Gasteiger partial charge in [-0.05, 0) is 92.9 Å². The number of carbonyl (C=O) groups excluding carboxylic acids is 2. The Labute approximate surface area is 268 Å². The van der Waals surface area contributed by atoms with Gasteiger partial charge >= 0.3 is 0 Å². The van der Waals surface area contributed by atoms with Crippen molar-refractivity contribution < 1.29 is 27.1 Å². The van der Waals surface area contributed by atoms with E-state index in [4.69, 9.17) is 27.9 Å². The fraction of sp³-hybridized carbons (Fsp3) is 0.375. The molecule has 44 heavy (non-hydrogen) atoms. The van der Waals surface area contributed by atoms with Crippen LogP contribution in [0.1, 0.15) is 51.5 Å². The summed E-state index contributed by atoms with van der Waals surface area (Å²) in [7, 11) is -4.32. The van der Waals surface area contributed by atoms with E-state index in [2.05, 4.69) is 5.32 Å². The molecule has 1 saturated carbocycles. The highest BCUT2D eigenvalue weighted by molar-refractivity contribution is 7.92. The molecule has 2 amide bonds. The summed E-state index contributed by atoms with van der Waals surface area (Å²) in [6.07, 6.45) is 4.85. The van der Waals surface area contributed by atoms with Crippen LogP contribution in [0.25, 0.3) is 0 Å². The van der Waals surface area contributed by atoms with Crippen LogP contribution in [0.5, 0.6) is 5.75 Å². The molecule has 0 radical (unpaired) electrons. The van der Waals surface area contributed by atoms with Gasteiger partial charge in [-0.25, -0.2) is 12.8 Å². The highest BCUT2D eigenvalue weighted by Crippen LogP contribution is 2.28. The Morgan fingerprint density at radius 2 is 1.66 bits per heavy atom. The topological polar surface area (TPSA) is 96.0 Å². The van der Waals surface area contributed by atoms with E-state index < -0.39 is 34.3 Å². The predicted octanol–water partition coefficient (Wildman–Crippen LogP) is 6.59. The van der Waals surface area contributed by atoms with Gasteiger partial charge < -0.3 is 15.0 Å². The van der Waals surface area contributed by atoms with Crippen LogP contribution in [0.2, 0.25) is 10.0 Å². The summed E-state index contributed by atoms with van der Waals surface area (Å²) in [5.74, 6) is -1.08. The van der Waals surface area contributed by atoms with Crippen molar-refractivity contribution >= 4 is 50.7 Å². The first-order valence-corrected chi connectivity index (χ1v) is 16.7. The summed E-state index contributed by atoms with van der Waals surface area (Å²) in [5, 5.41) is 3.76. The van der Waals surface area contributed by atoms with Gasteiger partial charge in [0, 0.05) is 22.6 Å². The molecule has 1 aliphatic carbocycles. The second-order valence-corrected chi connectivity index (χ2v) is 13.4. The van der Waals surface area contributed by atoms with Crippen LogP contribution in [0, 0.1) is 5.82 Å². The minimum atomic E-state index is -4.32. The van der Waals surface area contributed by atoms with E-state index in [1.165, 1.54) is 47.4 Å². The molecular formula is C32H36Cl2FN3O5S. The molecule has 236 valence electrons. The predicted molar refractivity (Wildman–Crippen MR) is 170 cm³/mol. The van der Waals surface area contributed by atoms with E-state index in [1.54, 1.807) is 19.1 Å². The average molecular weight is 665 g/mol. The summed E-state index contributed by atoms with van der Waals surface area (Å²) in [5.41, 5.74) is 0.613. The van der Waals surface area contributed by atoms with Crippen LogP contribution in [0.15, 0.2) is 71.6 Å². The lowest BCUT2D eigenvalue weighted by Gasteiger charge is -2.33. The zero-order valence-corrected chi connectivity index (χ0v) is 27.0. The maximum atomic E-state index is 14.1. The number of anilines is 1. The Bertz CT molecular complexity index is 1550. The van der Waals surface area contributed by atoms with Crippen molar-refractivity contribution in [2.75, 3.05) is 17.5 Å². The van der Waals surface area contributed by atoms with Gasteiger partial charge in [-0.2, -0.15) is 0 Å². The number of ether oxygens (including phenoxy) is 1. The molecule has 1 aliphatic rings. The first kappa shape index (κ1) is 33.6. The van der Waals surface area contributed by atoms with E-state index in [1.807, 2.05) is 6.92 Å². The summed E-state index contributed by atoms with van der Waals surface area (Å²) in [6.45, 7) is 3.08. The minimum Gasteiger partial charge on any atom is -0.494 e. The third kappa shape index (κ3) is 8.43. The lowest BCUT2D eigenvalue weighted by molar-refractivity contribution is -0.139. The molecular weight excluding hydrogens is 628 g/mol.